The maximum Gasteiger partial charge on any atom is 0.197 e. The second-order valence-corrected chi connectivity index (χ2v) is 5.79. The first-order chi connectivity index (χ1) is 9.56. The molecule has 2 aromatic rings. The van der Waals surface area contributed by atoms with Crippen LogP contribution in [0.4, 0.5) is 5.69 Å². The zero-order valence-corrected chi connectivity index (χ0v) is 13.3. The van der Waals surface area contributed by atoms with E-state index in [1.807, 2.05) is 31.3 Å². The van der Waals surface area contributed by atoms with Gasteiger partial charge in [-0.2, -0.15) is 5.10 Å². The number of hydrogen-bond acceptors (Lipinski definition) is 6. The van der Waals surface area contributed by atoms with Crippen LogP contribution in [0.1, 0.15) is 6.92 Å². The molecular weight excluding hydrogens is 342 g/mol. The number of aromatic nitrogens is 3. The van der Waals surface area contributed by atoms with Crippen LogP contribution in [0.3, 0.4) is 0 Å². The average Bonchev–Trinajstić information content (AvgIpc) is 2.81. The quantitative estimate of drug-likeness (QED) is 0.396. The van der Waals surface area contributed by atoms with Crippen molar-refractivity contribution in [3.05, 3.63) is 35.1 Å². The van der Waals surface area contributed by atoms with E-state index in [4.69, 9.17) is 0 Å². The van der Waals surface area contributed by atoms with Gasteiger partial charge in [0.25, 0.3) is 0 Å². The van der Waals surface area contributed by atoms with Crippen LogP contribution in [-0.4, -0.2) is 25.6 Å². The van der Waals surface area contributed by atoms with Crippen molar-refractivity contribution in [2.75, 3.05) is 5.43 Å². The van der Waals surface area contributed by atoms with Gasteiger partial charge in [-0.15, -0.1) is 10.2 Å². The Labute approximate surface area is 128 Å². The van der Waals surface area contributed by atoms with E-state index in [9.17, 15) is 4.79 Å². The summed E-state index contributed by atoms with van der Waals surface area (Å²) in [4.78, 5) is 11.6. The molecule has 0 unspecified atom stereocenters. The van der Waals surface area contributed by atoms with Gasteiger partial charge in [-0.05, 0) is 36.0 Å². The van der Waals surface area contributed by atoms with Gasteiger partial charge in [-0.25, -0.2) is 0 Å². The molecule has 0 amide bonds. The minimum atomic E-state index is -0.136. The predicted molar refractivity (Wildman–Crippen MR) is 82.7 cm³/mol. The molecule has 2 rings (SSSR count). The first-order valence-corrected chi connectivity index (χ1v) is 7.29. The van der Waals surface area contributed by atoms with E-state index in [2.05, 4.69) is 36.7 Å². The summed E-state index contributed by atoms with van der Waals surface area (Å²) in [5.41, 5.74) is 3.65. The normalized spacial score (nSPS) is 11.4. The van der Waals surface area contributed by atoms with Crippen LogP contribution in [0.25, 0.3) is 0 Å². The van der Waals surface area contributed by atoms with Crippen molar-refractivity contribution < 1.29 is 4.79 Å². The molecular formula is C12H12BrN5OS. The number of thioether (sulfide) groups is 1. The van der Waals surface area contributed by atoms with E-state index in [1.165, 1.54) is 18.7 Å². The van der Waals surface area contributed by atoms with Gasteiger partial charge in [0, 0.05) is 18.4 Å². The second-order valence-electron chi connectivity index (χ2n) is 3.92. The number of carbonyl (C=O) groups is 1. The van der Waals surface area contributed by atoms with E-state index >= 15 is 0 Å². The highest BCUT2D eigenvalue weighted by molar-refractivity contribution is 9.10. The Morgan fingerprint density at radius 1 is 1.40 bits per heavy atom. The van der Waals surface area contributed by atoms with Gasteiger partial charge in [0.1, 0.15) is 6.33 Å². The topological polar surface area (TPSA) is 72.2 Å². The molecule has 0 spiro atoms. The Bertz CT molecular complexity index is 638. The lowest BCUT2D eigenvalue weighted by Gasteiger charge is -2.04. The van der Waals surface area contributed by atoms with Crippen molar-refractivity contribution in [3.63, 3.8) is 0 Å². The summed E-state index contributed by atoms with van der Waals surface area (Å²) in [6.07, 6.45) is 1.57. The van der Waals surface area contributed by atoms with Gasteiger partial charge in [-0.1, -0.05) is 15.9 Å². The standard InChI is InChI=1S/C12H12BrN5OS/c1-8(19)11(20-12-17-14-7-18(12)2)16-15-10-5-3-9(13)4-6-10/h3-7,15H,1-2H3. The number of benzene rings is 1. The third-order valence-corrected chi connectivity index (χ3v) is 3.94. The summed E-state index contributed by atoms with van der Waals surface area (Å²) in [5, 5.41) is 12.7. The van der Waals surface area contributed by atoms with E-state index in [0.717, 1.165) is 10.2 Å². The van der Waals surface area contributed by atoms with Gasteiger partial charge in [0.05, 0.1) is 5.69 Å². The lowest BCUT2D eigenvalue weighted by atomic mass is 10.3. The van der Waals surface area contributed by atoms with Crippen molar-refractivity contribution in [2.45, 2.75) is 12.1 Å². The molecule has 8 heteroatoms. The van der Waals surface area contributed by atoms with Crippen molar-refractivity contribution in [2.24, 2.45) is 12.1 Å². The highest BCUT2D eigenvalue weighted by Crippen LogP contribution is 2.18. The van der Waals surface area contributed by atoms with E-state index in [0.29, 0.717) is 10.2 Å². The van der Waals surface area contributed by atoms with E-state index in [1.54, 1.807) is 10.9 Å². The molecule has 104 valence electrons. The SMILES string of the molecule is CC(=O)C(=NNc1ccc(Br)cc1)Sc1nncn1C. The van der Waals surface area contributed by atoms with Gasteiger partial charge < -0.3 is 4.57 Å². The molecule has 1 aromatic heterocycles. The Kier molecular flexibility index (Phi) is 4.91. The molecule has 0 aliphatic rings. The number of rotatable bonds is 4. The molecule has 6 nitrogen and oxygen atoms in total. The molecule has 1 heterocycles. The average molecular weight is 354 g/mol. The minimum Gasteiger partial charge on any atom is -0.311 e. The molecule has 0 bridgehead atoms. The number of halogens is 1. The fourth-order valence-electron chi connectivity index (χ4n) is 1.26. The summed E-state index contributed by atoms with van der Waals surface area (Å²) in [7, 11) is 1.81. The van der Waals surface area contributed by atoms with Crippen molar-refractivity contribution in [1.82, 2.24) is 14.8 Å². The first-order valence-electron chi connectivity index (χ1n) is 5.68. The Morgan fingerprint density at radius 2 is 2.10 bits per heavy atom. The molecule has 1 N–H and O–H groups in total. The third-order valence-electron chi connectivity index (χ3n) is 2.29. The zero-order chi connectivity index (χ0) is 14.5. The predicted octanol–water partition coefficient (Wildman–Crippen LogP) is 2.68. The fourth-order valence-corrected chi connectivity index (χ4v) is 2.22. The van der Waals surface area contributed by atoms with Crippen molar-refractivity contribution >= 4 is 44.2 Å². The van der Waals surface area contributed by atoms with E-state index < -0.39 is 0 Å². The lowest BCUT2D eigenvalue weighted by molar-refractivity contribution is -0.110. The van der Waals surface area contributed by atoms with Crippen LogP contribution in [0.15, 0.2) is 45.3 Å². The van der Waals surface area contributed by atoms with Crippen LogP contribution in [-0.2, 0) is 11.8 Å². The third kappa shape index (κ3) is 3.91. The van der Waals surface area contributed by atoms with Crippen molar-refractivity contribution in [3.8, 4) is 0 Å². The maximum absolute atomic E-state index is 11.6. The Morgan fingerprint density at radius 3 is 2.65 bits per heavy atom. The van der Waals surface area contributed by atoms with Crippen LogP contribution >= 0.6 is 27.7 Å². The molecule has 20 heavy (non-hydrogen) atoms. The van der Waals surface area contributed by atoms with E-state index in [-0.39, 0.29) is 5.78 Å². The smallest absolute Gasteiger partial charge is 0.197 e. The number of carbonyl (C=O) groups excluding carboxylic acids is 1. The minimum absolute atomic E-state index is 0.136. The number of nitrogens with one attached hydrogen (secondary N) is 1. The molecule has 0 atom stereocenters. The molecule has 0 aliphatic heterocycles. The number of ketones is 1. The van der Waals surface area contributed by atoms with Crippen LogP contribution in [0.5, 0.6) is 0 Å². The second kappa shape index (κ2) is 6.67. The van der Waals surface area contributed by atoms with Crippen LogP contribution < -0.4 is 5.43 Å². The summed E-state index contributed by atoms with van der Waals surface area (Å²) < 4.78 is 2.70. The monoisotopic (exact) mass is 353 g/mol. The molecule has 0 aliphatic carbocycles. The van der Waals surface area contributed by atoms with Crippen LogP contribution in [0, 0.1) is 0 Å². The molecule has 0 saturated carbocycles. The maximum atomic E-state index is 11.6. The number of aryl methyl sites for hydroxylation is 1. The number of Topliss-reactive ketones (excluding diaryl/α,β-unsaturated/α-hetero) is 1. The molecule has 0 fully saturated rings. The molecule has 0 saturated heterocycles. The van der Waals surface area contributed by atoms with Gasteiger partial charge >= 0.3 is 0 Å². The highest BCUT2D eigenvalue weighted by atomic mass is 79.9. The van der Waals surface area contributed by atoms with Crippen LogP contribution in [0.2, 0.25) is 0 Å². The lowest BCUT2D eigenvalue weighted by Crippen LogP contribution is -2.09. The molecule has 1 aromatic carbocycles. The Hall–Kier alpha value is -1.67. The first kappa shape index (κ1) is 14.7. The Balaban J connectivity index is 2.12. The number of anilines is 1. The van der Waals surface area contributed by atoms with Crippen molar-refractivity contribution in [1.29, 1.82) is 0 Å². The number of hydrogen-bond donors (Lipinski definition) is 1. The summed E-state index contributed by atoms with van der Waals surface area (Å²) in [5.74, 6) is -0.136. The fraction of sp³-hybridized carbons (Fsp3) is 0.167. The number of hydrazone groups is 1. The zero-order valence-electron chi connectivity index (χ0n) is 10.9. The summed E-state index contributed by atoms with van der Waals surface area (Å²) >= 11 is 4.53. The molecule has 0 radical (unpaired) electrons. The summed E-state index contributed by atoms with van der Waals surface area (Å²) in [6, 6.07) is 7.50. The largest absolute Gasteiger partial charge is 0.311 e. The summed E-state index contributed by atoms with van der Waals surface area (Å²) in [6.45, 7) is 1.46. The van der Waals surface area contributed by atoms with Gasteiger partial charge in [-0.3, -0.25) is 10.2 Å². The number of nitrogens with zero attached hydrogens (tertiary/aromatic N) is 4. The highest BCUT2D eigenvalue weighted by Gasteiger charge is 2.12. The van der Waals surface area contributed by atoms with Gasteiger partial charge in [0.2, 0.25) is 0 Å². The van der Waals surface area contributed by atoms with Gasteiger partial charge in [0.15, 0.2) is 16.0 Å².